The lowest BCUT2D eigenvalue weighted by Crippen LogP contribution is -2.46. The summed E-state index contributed by atoms with van der Waals surface area (Å²) in [6.07, 6.45) is -0.616. The van der Waals surface area contributed by atoms with Gasteiger partial charge in [-0.15, -0.1) is 0 Å². The van der Waals surface area contributed by atoms with Crippen LogP contribution < -0.4 is 14.8 Å². The second kappa shape index (κ2) is 8.36. The minimum absolute atomic E-state index is 0.137. The number of hydrogen-bond acceptors (Lipinski definition) is 5. The molecule has 1 aliphatic heterocycles. The molecule has 1 N–H and O–H groups in total. The highest BCUT2D eigenvalue weighted by Crippen LogP contribution is 2.31. The molecule has 1 amide bonds. The summed E-state index contributed by atoms with van der Waals surface area (Å²) in [6, 6.07) is 9.71. The van der Waals surface area contributed by atoms with Gasteiger partial charge in [-0.2, -0.15) is 11.3 Å². The SMILES string of the molecule is CCN(CC)[C@H](CNC(=O)[C@@H]1COc2ccccc2O1)c1ccsc1. The summed E-state index contributed by atoms with van der Waals surface area (Å²) in [4.78, 5) is 14.9. The summed E-state index contributed by atoms with van der Waals surface area (Å²) in [5.74, 6) is 1.17. The summed E-state index contributed by atoms with van der Waals surface area (Å²) in [5, 5.41) is 7.26. The van der Waals surface area contributed by atoms with E-state index in [2.05, 4.69) is 40.9 Å². The van der Waals surface area contributed by atoms with Crippen molar-refractivity contribution in [2.75, 3.05) is 26.2 Å². The van der Waals surface area contributed by atoms with E-state index in [0.29, 0.717) is 18.0 Å². The van der Waals surface area contributed by atoms with E-state index in [9.17, 15) is 4.79 Å². The van der Waals surface area contributed by atoms with Gasteiger partial charge in [-0.3, -0.25) is 9.69 Å². The summed E-state index contributed by atoms with van der Waals surface area (Å²) in [6.45, 7) is 6.93. The molecule has 2 heterocycles. The molecule has 0 saturated heterocycles. The lowest BCUT2D eigenvalue weighted by atomic mass is 10.1. The zero-order chi connectivity index (χ0) is 17.6. The minimum atomic E-state index is -0.616. The Morgan fingerprint density at radius 3 is 2.72 bits per heavy atom. The Morgan fingerprint density at radius 2 is 2.04 bits per heavy atom. The fourth-order valence-corrected chi connectivity index (χ4v) is 3.75. The fourth-order valence-electron chi connectivity index (χ4n) is 3.05. The van der Waals surface area contributed by atoms with Gasteiger partial charge in [0.2, 0.25) is 6.10 Å². The second-order valence-electron chi connectivity index (χ2n) is 5.90. The number of rotatable bonds is 7. The summed E-state index contributed by atoms with van der Waals surface area (Å²) < 4.78 is 11.4. The number of carbonyl (C=O) groups is 1. The molecule has 0 unspecified atom stereocenters. The van der Waals surface area contributed by atoms with Gasteiger partial charge in [0.25, 0.3) is 5.91 Å². The third-order valence-electron chi connectivity index (χ3n) is 4.45. The van der Waals surface area contributed by atoms with Crippen LogP contribution in [0.1, 0.15) is 25.5 Å². The number of benzene rings is 1. The van der Waals surface area contributed by atoms with E-state index >= 15 is 0 Å². The van der Waals surface area contributed by atoms with Crippen LogP contribution in [0.15, 0.2) is 41.1 Å². The van der Waals surface area contributed by atoms with E-state index in [1.807, 2.05) is 24.3 Å². The number of thiophene rings is 1. The molecule has 0 aliphatic carbocycles. The van der Waals surface area contributed by atoms with E-state index in [1.54, 1.807) is 11.3 Å². The molecular weight excluding hydrogens is 336 g/mol. The molecule has 1 aromatic carbocycles. The average Bonchev–Trinajstić information content (AvgIpc) is 3.18. The standard InChI is InChI=1S/C19H24N2O3S/c1-3-21(4-2)15(14-9-10-25-13-14)11-20-19(22)18-12-23-16-7-5-6-8-17(16)24-18/h5-10,13,15,18H,3-4,11-12H2,1-2H3,(H,20,22)/t15-,18+/m1/s1. The molecule has 1 aromatic heterocycles. The molecule has 134 valence electrons. The molecule has 25 heavy (non-hydrogen) atoms. The van der Waals surface area contributed by atoms with E-state index < -0.39 is 6.10 Å². The molecule has 2 aromatic rings. The number of nitrogens with zero attached hydrogens (tertiary/aromatic N) is 1. The van der Waals surface area contributed by atoms with Gasteiger partial charge in [-0.1, -0.05) is 26.0 Å². The summed E-state index contributed by atoms with van der Waals surface area (Å²) in [7, 11) is 0. The Morgan fingerprint density at radius 1 is 1.28 bits per heavy atom. The van der Waals surface area contributed by atoms with Crippen LogP contribution in [0, 0.1) is 0 Å². The average molecular weight is 360 g/mol. The maximum atomic E-state index is 12.5. The van der Waals surface area contributed by atoms with Crippen molar-refractivity contribution in [2.24, 2.45) is 0 Å². The van der Waals surface area contributed by atoms with E-state index in [1.165, 1.54) is 5.56 Å². The fraction of sp³-hybridized carbons (Fsp3) is 0.421. The Labute approximate surface area is 152 Å². The third-order valence-corrected chi connectivity index (χ3v) is 5.15. The Balaban J connectivity index is 1.62. The van der Waals surface area contributed by atoms with E-state index in [-0.39, 0.29) is 18.6 Å². The number of likely N-dealkylation sites (N-methyl/N-ethyl adjacent to an activating group) is 1. The lowest BCUT2D eigenvalue weighted by Gasteiger charge is -2.31. The molecular formula is C19H24N2O3S. The molecule has 1 aliphatic rings. The first-order valence-electron chi connectivity index (χ1n) is 8.65. The van der Waals surface area contributed by atoms with Crippen LogP contribution in [0.25, 0.3) is 0 Å². The number of hydrogen-bond donors (Lipinski definition) is 1. The molecule has 2 atom stereocenters. The maximum absolute atomic E-state index is 12.5. The number of para-hydroxylation sites is 2. The number of amides is 1. The second-order valence-corrected chi connectivity index (χ2v) is 6.68. The molecule has 0 fully saturated rings. The third kappa shape index (κ3) is 4.14. The Kier molecular flexibility index (Phi) is 5.94. The van der Waals surface area contributed by atoms with Crippen molar-refractivity contribution < 1.29 is 14.3 Å². The molecule has 0 radical (unpaired) electrons. The van der Waals surface area contributed by atoms with Crippen molar-refractivity contribution in [2.45, 2.75) is 26.0 Å². The van der Waals surface area contributed by atoms with Gasteiger partial charge in [-0.25, -0.2) is 0 Å². The van der Waals surface area contributed by atoms with Gasteiger partial charge in [0.15, 0.2) is 11.5 Å². The first-order chi connectivity index (χ1) is 12.2. The maximum Gasteiger partial charge on any atom is 0.264 e. The minimum Gasteiger partial charge on any atom is -0.485 e. The van der Waals surface area contributed by atoms with E-state index in [0.717, 1.165) is 13.1 Å². The van der Waals surface area contributed by atoms with Gasteiger partial charge >= 0.3 is 0 Å². The topological polar surface area (TPSA) is 50.8 Å². The first kappa shape index (κ1) is 17.8. The zero-order valence-electron chi connectivity index (χ0n) is 14.6. The van der Waals surface area contributed by atoms with Crippen molar-refractivity contribution in [3.8, 4) is 11.5 Å². The van der Waals surface area contributed by atoms with Gasteiger partial charge in [0.1, 0.15) is 6.61 Å². The van der Waals surface area contributed by atoms with Crippen molar-refractivity contribution in [3.63, 3.8) is 0 Å². The van der Waals surface area contributed by atoms with Crippen LogP contribution in [-0.2, 0) is 4.79 Å². The number of carbonyl (C=O) groups excluding carboxylic acids is 1. The predicted molar refractivity (Wildman–Crippen MR) is 99.3 cm³/mol. The van der Waals surface area contributed by atoms with Gasteiger partial charge in [0, 0.05) is 6.54 Å². The first-order valence-corrected chi connectivity index (χ1v) is 9.59. The molecule has 0 spiro atoms. The number of fused-ring (bicyclic) bond motifs is 1. The molecule has 0 bridgehead atoms. The van der Waals surface area contributed by atoms with Crippen LogP contribution in [0.3, 0.4) is 0 Å². The van der Waals surface area contributed by atoms with E-state index in [4.69, 9.17) is 9.47 Å². The van der Waals surface area contributed by atoms with Crippen molar-refractivity contribution in [1.29, 1.82) is 0 Å². The Hall–Kier alpha value is -2.05. The predicted octanol–water partition coefficient (Wildman–Crippen LogP) is 3.09. The van der Waals surface area contributed by atoms with Gasteiger partial charge in [0.05, 0.1) is 6.04 Å². The van der Waals surface area contributed by atoms with Gasteiger partial charge < -0.3 is 14.8 Å². The summed E-state index contributed by atoms with van der Waals surface area (Å²) in [5.41, 5.74) is 1.24. The highest BCUT2D eigenvalue weighted by molar-refractivity contribution is 7.07. The van der Waals surface area contributed by atoms with Crippen LogP contribution in [0.4, 0.5) is 0 Å². The van der Waals surface area contributed by atoms with Crippen LogP contribution >= 0.6 is 11.3 Å². The normalized spacial score (nSPS) is 17.3. The zero-order valence-corrected chi connectivity index (χ0v) is 15.4. The van der Waals surface area contributed by atoms with Crippen LogP contribution in [0.5, 0.6) is 11.5 Å². The largest absolute Gasteiger partial charge is 0.485 e. The van der Waals surface area contributed by atoms with Crippen LogP contribution in [-0.4, -0.2) is 43.2 Å². The van der Waals surface area contributed by atoms with Crippen molar-refractivity contribution in [3.05, 3.63) is 46.7 Å². The quantitative estimate of drug-likeness (QED) is 0.824. The molecule has 6 heteroatoms. The Bertz CT molecular complexity index is 686. The number of ether oxygens (including phenoxy) is 2. The molecule has 0 saturated carbocycles. The monoisotopic (exact) mass is 360 g/mol. The summed E-state index contributed by atoms with van der Waals surface area (Å²) >= 11 is 1.68. The van der Waals surface area contributed by atoms with Gasteiger partial charge in [-0.05, 0) is 47.6 Å². The van der Waals surface area contributed by atoms with Crippen LogP contribution in [0.2, 0.25) is 0 Å². The number of nitrogens with one attached hydrogen (secondary N) is 1. The lowest BCUT2D eigenvalue weighted by molar-refractivity contribution is -0.130. The smallest absolute Gasteiger partial charge is 0.264 e. The van der Waals surface area contributed by atoms with Crippen molar-refractivity contribution in [1.82, 2.24) is 10.2 Å². The molecule has 3 rings (SSSR count). The highest BCUT2D eigenvalue weighted by Gasteiger charge is 2.28. The highest BCUT2D eigenvalue weighted by atomic mass is 32.1. The van der Waals surface area contributed by atoms with Crippen molar-refractivity contribution >= 4 is 17.2 Å². The molecule has 5 nitrogen and oxygen atoms in total.